The number of nitrogens with one attached hydrogen (secondary N) is 1. The van der Waals surface area contributed by atoms with E-state index >= 15 is 0 Å². The molecule has 3 rings (SSSR count). The summed E-state index contributed by atoms with van der Waals surface area (Å²) in [5.41, 5.74) is 2.19. The zero-order chi connectivity index (χ0) is 21.7. The molecule has 160 valence electrons. The highest BCUT2D eigenvalue weighted by Crippen LogP contribution is 2.31. The maximum atomic E-state index is 12.4. The van der Waals surface area contributed by atoms with Crippen LogP contribution in [0.25, 0.3) is 0 Å². The molecule has 0 aliphatic carbocycles. The molecule has 8 heteroatoms. The number of hydrogen-bond acceptors (Lipinski definition) is 4. The summed E-state index contributed by atoms with van der Waals surface area (Å²) < 4.78 is 5.47. The maximum Gasteiger partial charge on any atom is 0.225 e. The highest BCUT2D eigenvalue weighted by Gasteiger charge is 2.34. The lowest BCUT2D eigenvalue weighted by molar-refractivity contribution is -0.129. The minimum Gasteiger partial charge on any atom is -0.489 e. The Labute approximate surface area is 185 Å². The van der Waals surface area contributed by atoms with E-state index in [1.54, 1.807) is 23.1 Å². The number of carbonyl (C=O) groups is 2. The molecule has 2 aromatic carbocycles. The number of aliphatic hydroxyl groups excluding tert-OH is 1. The minimum absolute atomic E-state index is 0.0136. The lowest BCUT2D eigenvalue weighted by Gasteiger charge is -2.18. The zero-order valence-electron chi connectivity index (χ0n) is 16.6. The minimum atomic E-state index is -0.926. The largest absolute Gasteiger partial charge is 0.489 e. The maximum absolute atomic E-state index is 12.4. The van der Waals surface area contributed by atoms with Crippen molar-refractivity contribution in [1.82, 2.24) is 10.2 Å². The lowest BCUT2D eigenvalue weighted by Crippen LogP contribution is -2.39. The Balaban J connectivity index is 1.43. The first kappa shape index (κ1) is 22.4. The number of likely N-dealkylation sites (tertiary alicyclic amines) is 1. The molecule has 1 fully saturated rings. The fourth-order valence-corrected chi connectivity index (χ4v) is 3.56. The van der Waals surface area contributed by atoms with Crippen LogP contribution >= 0.6 is 23.2 Å². The Morgan fingerprint density at radius 3 is 2.73 bits per heavy atom. The molecular weight excluding hydrogens is 427 g/mol. The number of aryl methyl sites for hydroxylation is 1. The molecule has 0 bridgehead atoms. The van der Waals surface area contributed by atoms with E-state index in [4.69, 9.17) is 27.9 Å². The van der Waals surface area contributed by atoms with Crippen molar-refractivity contribution in [2.24, 2.45) is 5.92 Å². The van der Waals surface area contributed by atoms with Gasteiger partial charge in [-0.25, -0.2) is 0 Å². The van der Waals surface area contributed by atoms with Crippen molar-refractivity contribution in [3.05, 3.63) is 63.6 Å². The van der Waals surface area contributed by atoms with Crippen LogP contribution in [-0.2, 0) is 16.1 Å². The van der Waals surface area contributed by atoms with Gasteiger partial charge in [-0.3, -0.25) is 9.59 Å². The summed E-state index contributed by atoms with van der Waals surface area (Å²) in [4.78, 5) is 26.4. The summed E-state index contributed by atoms with van der Waals surface area (Å²) in [6.07, 6.45) is -0.757. The molecular formula is C22H24Cl2N2O4. The molecule has 1 aliphatic heterocycles. The van der Waals surface area contributed by atoms with Gasteiger partial charge in [0, 0.05) is 26.1 Å². The third-order valence-corrected chi connectivity index (χ3v) is 5.74. The highest BCUT2D eigenvalue weighted by molar-refractivity contribution is 6.42. The predicted molar refractivity (Wildman–Crippen MR) is 116 cm³/mol. The summed E-state index contributed by atoms with van der Waals surface area (Å²) in [5, 5.41) is 13.4. The van der Waals surface area contributed by atoms with Crippen LogP contribution in [0.1, 0.15) is 17.5 Å². The van der Waals surface area contributed by atoms with Gasteiger partial charge < -0.3 is 20.1 Å². The summed E-state index contributed by atoms with van der Waals surface area (Å²) >= 11 is 12.0. The molecule has 2 atom stereocenters. The van der Waals surface area contributed by atoms with Crippen molar-refractivity contribution in [2.75, 3.05) is 19.7 Å². The molecule has 1 heterocycles. The third-order valence-electron chi connectivity index (χ3n) is 4.94. The monoisotopic (exact) mass is 450 g/mol. The van der Waals surface area contributed by atoms with Crippen molar-refractivity contribution in [1.29, 1.82) is 0 Å². The van der Waals surface area contributed by atoms with Crippen LogP contribution in [0.2, 0.25) is 10.0 Å². The summed E-state index contributed by atoms with van der Waals surface area (Å²) in [6.45, 7) is 2.82. The zero-order valence-corrected chi connectivity index (χ0v) is 18.1. The topological polar surface area (TPSA) is 78.9 Å². The van der Waals surface area contributed by atoms with Gasteiger partial charge in [0.2, 0.25) is 11.8 Å². The van der Waals surface area contributed by atoms with Crippen LogP contribution < -0.4 is 10.1 Å². The second-order valence-corrected chi connectivity index (χ2v) is 8.21. The first-order chi connectivity index (χ1) is 14.3. The normalized spacial score (nSPS) is 17.1. The van der Waals surface area contributed by atoms with Gasteiger partial charge in [-0.2, -0.15) is 0 Å². The van der Waals surface area contributed by atoms with Crippen molar-refractivity contribution in [3.8, 4) is 5.75 Å². The molecule has 2 unspecified atom stereocenters. The Bertz CT molecular complexity index is 905. The molecule has 0 spiro atoms. The smallest absolute Gasteiger partial charge is 0.225 e. The third kappa shape index (κ3) is 5.88. The molecule has 0 aromatic heterocycles. The van der Waals surface area contributed by atoms with Gasteiger partial charge in [0.1, 0.15) is 23.5 Å². The van der Waals surface area contributed by atoms with Crippen LogP contribution in [0.3, 0.4) is 0 Å². The van der Waals surface area contributed by atoms with Crippen molar-refractivity contribution < 1.29 is 19.4 Å². The van der Waals surface area contributed by atoms with Crippen LogP contribution in [0.15, 0.2) is 42.5 Å². The van der Waals surface area contributed by atoms with Crippen molar-refractivity contribution in [2.45, 2.75) is 26.0 Å². The summed E-state index contributed by atoms with van der Waals surface area (Å²) in [5.74, 6) is -0.370. The SMILES string of the molecule is Cc1ccc(CN2CC(C(=O)NCC(O)COc3cccc(Cl)c3Cl)CC2=O)cc1. The van der Waals surface area contributed by atoms with E-state index in [9.17, 15) is 14.7 Å². The van der Waals surface area contributed by atoms with Gasteiger partial charge in [0.25, 0.3) is 0 Å². The highest BCUT2D eigenvalue weighted by atomic mass is 35.5. The Kier molecular flexibility index (Phi) is 7.58. The Morgan fingerprint density at radius 1 is 1.27 bits per heavy atom. The molecule has 1 aliphatic rings. The van der Waals surface area contributed by atoms with Gasteiger partial charge in [0.15, 0.2) is 0 Å². The average molecular weight is 451 g/mol. The summed E-state index contributed by atoms with van der Waals surface area (Å²) in [6, 6.07) is 12.9. The fraction of sp³-hybridized carbons (Fsp3) is 0.364. The number of nitrogens with zero attached hydrogens (tertiary/aromatic N) is 1. The van der Waals surface area contributed by atoms with E-state index in [0.717, 1.165) is 11.1 Å². The van der Waals surface area contributed by atoms with E-state index in [1.807, 2.05) is 31.2 Å². The lowest BCUT2D eigenvalue weighted by atomic mass is 10.1. The average Bonchev–Trinajstić information content (AvgIpc) is 3.09. The Morgan fingerprint density at radius 2 is 2.00 bits per heavy atom. The van der Waals surface area contributed by atoms with Gasteiger partial charge in [-0.15, -0.1) is 0 Å². The fourth-order valence-electron chi connectivity index (χ4n) is 3.22. The predicted octanol–water partition coefficient (Wildman–Crippen LogP) is 3.21. The molecule has 2 amide bonds. The second kappa shape index (κ2) is 10.2. The molecule has 30 heavy (non-hydrogen) atoms. The van der Waals surface area contributed by atoms with Gasteiger partial charge in [0.05, 0.1) is 10.9 Å². The van der Waals surface area contributed by atoms with Crippen LogP contribution in [-0.4, -0.2) is 47.6 Å². The molecule has 6 nitrogen and oxygen atoms in total. The molecule has 1 saturated heterocycles. The number of carbonyl (C=O) groups excluding carboxylic acids is 2. The Hall–Kier alpha value is -2.28. The molecule has 0 saturated carbocycles. The van der Waals surface area contributed by atoms with Gasteiger partial charge >= 0.3 is 0 Å². The van der Waals surface area contributed by atoms with Crippen LogP contribution in [0.4, 0.5) is 0 Å². The number of benzene rings is 2. The first-order valence-electron chi connectivity index (χ1n) is 9.69. The standard InChI is InChI=1S/C22H24Cl2N2O4/c1-14-5-7-15(8-6-14)11-26-12-16(9-20(26)28)22(29)25-10-17(27)13-30-19-4-2-3-18(23)21(19)24/h2-8,16-17,27H,9-13H2,1H3,(H,25,29). The van der Waals surface area contributed by atoms with Gasteiger partial charge in [-0.1, -0.05) is 59.1 Å². The van der Waals surface area contributed by atoms with E-state index < -0.39 is 12.0 Å². The molecule has 0 radical (unpaired) electrons. The first-order valence-corrected chi connectivity index (χ1v) is 10.4. The quantitative estimate of drug-likeness (QED) is 0.646. The van der Waals surface area contributed by atoms with E-state index in [-0.39, 0.29) is 36.4 Å². The summed E-state index contributed by atoms with van der Waals surface area (Å²) in [7, 11) is 0. The van der Waals surface area contributed by atoms with E-state index in [1.165, 1.54) is 0 Å². The number of rotatable bonds is 8. The molecule has 2 N–H and O–H groups in total. The number of ether oxygens (including phenoxy) is 1. The number of hydrogen-bond donors (Lipinski definition) is 2. The number of halogens is 2. The van der Waals surface area contributed by atoms with Gasteiger partial charge in [-0.05, 0) is 24.6 Å². The number of aliphatic hydroxyl groups is 1. The van der Waals surface area contributed by atoms with Crippen molar-refractivity contribution >= 4 is 35.0 Å². The van der Waals surface area contributed by atoms with Crippen molar-refractivity contribution in [3.63, 3.8) is 0 Å². The van der Waals surface area contributed by atoms with E-state index in [2.05, 4.69) is 5.32 Å². The van der Waals surface area contributed by atoms with Crippen LogP contribution in [0.5, 0.6) is 5.75 Å². The second-order valence-electron chi connectivity index (χ2n) is 7.42. The van der Waals surface area contributed by atoms with E-state index in [0.29, 0.717) is 23.9 Å². The number of amides is 2. The van der Waals surface area contributed by atoms with Crippen LogP contribution in [0, 0.1) is 12.8 Å². The molecule has 2 aromatic rings.